The van der Waals surface area contributed by atoms with Gasteiger partial charge in [0.2, 0.25) is 0 Å². The first kappa shape index (κ1) is 66.0. The van der Waals surface area contributed by atoms with Crippen LogP contribution in [0.5, 0.6) is 0 Å². The molecule has 0 atom stereocenters. The molecule has 0 N–H and O–H groups in total. The van der Waals surface area contributed by atoms with Crippen molar-refractivity contribution in [3.05, 3.63) is 0 Å². The maximum absolute atomic E-state index is 7.81. The van der Waals surface area contributed by atoms with E-state index in [0.717, 1.165) is 11.3 Å². The van der Waals surface area contributed by atoms with E-state index < -0.39 is 0 Å². The van der Waals surface area contributed by atoms with Crippen LogP contribution in [-0.2, 0) is 0 Å². The highest BCUT2D eigenvalue weighted by Gasteiger charge is 2.34. The number of thiophene rings is 1. The zero-order chi connectivity index (χ0) is 67.0. The third-order valence-electron chi connectivity index (χ3n) is 17.6. The summed E-state index contributed by atoms with van der Waals surface area (Å²) in [6.07, 6.45) is 0. The molecule has 3 aromatic heterocycles. The Kier molecular flexibility index (Phi) is 16.2. The van der Waals surface area contributed by atoms with Crippen LogP contribution in [0.25, 0.3) is 109 Å². The summed E-state index contributed by atoms with van der Waals surface area (Å²) in [4.78, 5) is 0. The molecule has 68 radical (unpaired) electrons. The lowest BCUT2D eigenvalue weighted by Crippen LogP contribution is -2.57. The molecule has 91 heavy (non-hydrogen) atoms. The molecule has 0 bridgehead atoms. The average molecular weight is 1080 g/mol. The molecule has 3 heterocycles. The van der Waals surface area contributed by atoms with E-state index in [1.165, 1.54) is 9.13 Å². The predicted molar refractivity (Wildman–Crippen MR) is 428 cm³/mol. The van der Waals surface area contributed by atoms with Crippen LogP contribution in [0.2, 0.25) is 0 Å². The molecule has 334 valence electrons. The molecule has 0 saturated heterocycles. The molecule has 0 unspecified atom stereocenters. The van der Waals surface area contributed by atoms with Crippen molar-refractivity contribution in [2.45, 2.75) is 0 Å². The zero-order valence-electron chi connectivity index (χ0n) is 47.9. The smallest absolute Gasteiger partial charge is 0.117 e. The molecule has 0 aliphatic rings. The first-order valence-electron chi connectivity index (χ1n) is 26.6. The van der Waals surface area contributed by atoms with Crippen molar-refractivity contribution in [3.8, 4) is 44.8 Å². The first-order chi connectivity index (χ1) is 42.4. The second kappa shape index (κ2) is 22.3. The second-order valence-electron chi connectivity index (χ2n) is 22.1. The van der Waals surface area contributed by atoms with E-state index in [1.807, 2.05) is 0 Å². The van der Waals surface area contributed by atoms with Gasteiger partial charge in [-0.2, -0.15) is 0 Å². The van der Waals surface area contributed by atoms with Crippen molar-refractivity contribution in [3.63, 3.8) is 0 Å². The van der Waals surface area contributed by atoms with Crippen LogP contribution < -0.4 is 186 Å². The Morgan fingerprint density at radius 1 is 0.143 bits per heavy atom. The standard InChI is InChI=1S/C54B34N2S/c55-13-1(2-16(58)30(72)35(77)31(73)17(2)59)15(57)28(70)18(60)4(13)10-26(68)51(27(69)12-11-24(66)34(76)41(83)46(88)54(11)91-53(10)12)90-48-8(9-23(65)33(75)38(80)43(85)50(9)90)19(61)14(56)3(25(48)67)5-20(62)29(71)21(63)6-7-22(64)32(74)37(79)42(84)49(7)89(47(5)6)52-44(86)39(81)36(78)40(82)45(52)87. The highest BCUT2D eigenvalue weighted by molar-refractivity contribution is 7.28. The van der Waals surface area contributed by atoms with Crippen LogP contribution in [0.3, 0.4) is 0 Å². The highest BCUT2D eigenvalue weighted by Crippen LogP contribution is 2.40. The Morgan fingerprint density at radius 3 is 0.835 bits per heavy atom. The lowest BCUT2D eigenvalue weighted by atomic mass is 9.55. The van der Waals surface area contributed by atoms with Crippen LogP contribution >= 0.6 is 11.3 Å². The van der Waals surface area contributed by atoms with Crippen LogP contribution in [-0.4, -0.2) is 276 Å². The van der Waals surface area contributed by atoms with Gasteiger partial charge in [0.15, 0.2) is 0 Å². The molecule has 0 aliphatic heterocycles. The van der Waals surface area contributed by atoms with Crippen molar-refractivity contribution < 1.29 is 0 Å². The third-order valence-corrected chi connectivity index (χ3v) is 18.9. The van der Waals surface area contributed by atoms with E-state index in [1.54, 1.807) is 0 Å². The fourth-order valence-corrected chi connectivity index (χ4v) is 14.1. The molecule has 0 saturated carbocycles. The summed E-state index contributed by atoms with van der Waals surface area (Å²) in [6, 6.07) is 0. The average Bonchev–Trinajstić information content (AvgIpc) is 1.55. The Labute approximate surface area is 576 Å². The van der Waals surface area contributed by atoms with Gasteiger partial charge < -0.3 is 9.13 Å². The quantitative estimate of drug-likeness (QED) is 0.152. The molecule has 0 fully saturated rings. The number of aromatic nitrogens is 2. The lowest BCUT2D eigenvalue weighted by molar-refractivity contribution is 1.22. The minimum absolute atomic E-state index is 0.00416. The summed E-state index contributed by atoms with van der Waals surface area (Å²) in [5.41, 5.74) is -8.02. The summed E-state index contributed by atoms with van der Waals surface area (Å²) in [5.74, 6) is 0. The van der Waals surface area contributed by atoms with E-state index in [9.17, 15) is 0 Å². The summed E-state index contributed by atoms with van der Waals surface area (Å²) >= 11 is 1.01. The van der Waals surface area contributed by atoms with Crippen LogP contribution in [0, 0.1) is 0 Å². The first-order valence-corrected chi connectivity index (χ1v) is 27.4. The SMILES string of the molecule is [B]c1c([B])c([B])c(-c2c([B])c([B])c([B])c(-c3c([B])c(-n4c5c([B])c([B])c([B])c([B])c5c5c([B])c([B])c(-c6c([B])c([B])c([B])c7c8c([B])c([B])c([B])c([B])c8n(-c8c([B])c([B])c([B])c([B])c8[B])c67)c([B])c54)c([B])c4c3sc3c([B])c([B])c([B])c([B])c34)c2[B])c([B])c1[B]. The molecule has 0 aliphatic carbocycles. The van der Waals surface area contributed by atoms with E-state index in [-0.39, 0.29) is 294 Å². The molecular weight excluding hydrogens is 1080 g/mol. The van der Waals surface area contributed by atoms with Gasteiger partial charge in [-0.15, -0.1) is 87.8 Å². The monoisotopic (exact) mass is 1080 g/mol. The van der Waals surface area contributed by atoms with E-state index in [2.05, 4.69) is 0 Å². The van der Waals surface area contributed by atoms with Gasteiger partial charge in [-0.1, -0.05) is 109 Å². The summed E-state index contributed by atoms with van der Waals surface area (Å²) in [6.45, 7) is 0. The topological polar surface area (TPSA) is 9.86 Å². The largest absolute Gasteiger partial charge is 0.312 e. The maximum atomic E-state index is 7.81. The van der Waals surface area contributed by atoms with E-state index in [4.69, 9.17) is 267 Å². The van der Waals surface area contributed by atoms with E-state index >= 15 is 0 Å². The summed E-state index contributed by atoms with van der Waals surface area (Å²) < 4.78 is 3.24. The number of hydrogen-bond donors (Lipinski definition) is 0. The highest BCUT2D eigenvalue weighted by atomic mass is 32.1. The Morgan fingerprint density at radius 2 is 0.385 bits per heavy atom. The molecule has 12 aromatic rings. The maximum Gasteiger partial charge on any atom is 0.117 e. The minimum atomic E-state index is -0.320. The van der Waals surface area contributed by atoms with Crippen molar-refractivity contribution in [1.29, 1.82) is 0 Å². The van der Waals surface area contributed by atoms with Crippen molar-refractivity contribution >= 4 is 528 Å². The number of rotatable bonds is 5. The van der Waals surface area contributed by atoms with Gasteiger partial charge >= 0.3 is 0 Å². The van der Waals surface area contributed by atoms with Crippen molar-refractivity contribution in [1.82, 2.24) is 9.13 Å². The van der Waals surface area contributed by atoms with Crippen LogP contribution in [0.4, 0.5) is 0 Å². The Bertz CT molecular complexity index is 5470. The van der Waals surface area contributed by atoms with Gasteiger partial charge in [-0.05, 0) is 60.3 Å². The molecule has 37 heteroatoms. The Balaban J connectivity index is 1.38. The number of hydrogen-bond acceptors (Lipinski definition) is 1. The van der Waals surface area contributed by atoms with Gasteiger partial charge in [-0.25, -0.2) is 0 Å². The van der Waals surface area contributed by atoms with Gasteiger partial charge in [0.1, 0.15) is 267 Å². The molecule has 0 spiro atoms. The summed E-state index contributed by atoms with van der Waals surface area (Å²) in [7, 11) is 235. The normalized spacial score (nSPS) is 11.9. The van der Waals surface area contributed by atoms with Crippen molar-refractivity contribution in [2.24, 2.45) is 0 Å². The molecular formula is C54B34N2S. The zero-order valence-corrected chi connectivity index (χ0v) is 48.7. The number of benzene rings is 9. The minimum Gasteiger partial charge on any atom is -0.312 e. The van der Waals surface area contributed by atoms with Gasteiger partial charge in [0.25, 0.3) is 0 Å². The fourth-order valence-electron chi connectivity index (χ4n) is 12.8. The van der Waals surface area contributed by atoms with Gasteiger partial charge in [0.05, 0.1) is 5.52 Å². The van der Waals surface area contributed by atoms with Gasteiger partial charge in [0, 0.05) is 42.7 Å². The Hall–Kier alpha value is -4.99. The lowest BCUT2D eigenvalue weighted by Gasteiger charge is -2.30. The summed E-state index contributed by atoms with van der Waals surface area (Å²) in [5, 5.41) is 0.311. The van der Waals surface area contributed by atoms with Crippen LogP contribution in [0.15, 0.2) is 0 Å². The fraction of sp³-hybridized carbons (Fsp3) is 0. The van der Waals surface area contributed by atoms with E-state index in [0.29, 0.717) is 0 Å². The third kappa shape index (κ3) is 8.47. The molecule has 2 nitrogen and oxygen atoms in total. The molecule has 9 aromatic carbocycles. The number of nitrogens with zero attached hydrogens (tertiary/aromatic N) is 2. The second-order valence-corrected chi connectivity index (χ2v) is 23.1. The van der Waals surface area contributed by atoms with Crippen molar-refractivity contribution in [2.75, 3.05) is 0 Å². The predicted octanol–water partition coefficient (Wildman–Crippen LogP) is -25.8. The molecule has 0 amide bonds. The molecule has 12 rings (SSSR count). The number of fused-ring (bicyclic) bond motifs is 9. The van der Waals surface area contributed by atoms with Crippen LogP contribution in [0.1, 0.15) is 0 Å². The van der Waals surface area contributed by atoms with Gasteiger partial charge in [-0.3, -0.25) is 0 Å².